The summed E-state index contributed by atoms with van der Waals surface area (Å²) in [5.74, 6) is 0. The summed E-state index contributed by atoms with van der Waals surface area (Å²) in [6, 6.07) is 1.25. The van der Waals surface area contributed by atoms with Gasteiger partial charge in [-0.2, -0.15) is 0 Å². The fourth-order valence-corrected chi connectivity index (χ4v) is 3.25. The molecule has 0 aliphatic rings. The highest BCUT2D eigenvalue weighted by Crippen LogP contribution is 2.21. The summed E-state index contributed by atoms with van der Waals surface area (Å²) in [6.45, 7) is 3.05. The van der Waals surface area contributed by atoms with Crippen molar-refractivity contribution in [3.05, 3.63) is 0 Å². The SMILES string of the molecule is CCCCCCCC[Si](C)(Br)OC. The molecule has 1 nitrogen and oxygen atoms in total. The van der Waals surface area contributed by atoms with Crippen LogP contribution < -0.4 is 0 Å². The van der Waals surface area contributed by atoms with Crippen molar-refractivity contribution in [3.8, 4) is 0 Å². The first-order chi connectivity index (χ1) is 6.12. The van der Waals surface area contributed by atoms with Gasteiger partial charge in [0.25, 0.3) is 6.94 Å². The van der Waals surface area contributed by atoms with E-state index in [0.29, 0.717) is 0 Å². The lowest BCUT2D eigenvalue weighted by atomic mass is 10.1. The molecule has 0 aliphatic carbocycles. The van der Waals surface area contributed by atoms with Gasteiger partial charge in [-0.15, -0.1) is 0 Å². The summed E-state index contributed by atoms with van der Waals surface area (Å²) in [6.07, 6.45) is 8.23. The van der Waals surface area contributed by atoms with Crippen molar-refractivity contribution < 1.29 is 4.43 Å². The molecule has 3 heteroatoms. The van der Waals surface area contributed by atoms with Crippen LogP contribution in [-0.4, -0.2) is 14.0 Å². The Hall–Kier alpha value is 0.657. The van der Waals surface area contributed by atoms with Crippen LogP contribution in [0.3, 0.4) is 0 Å². The Balaban J connectivity index is 3.16. The van der Waals surface area contributed by atoms with Gasteiger partial charge < -0.3 is 4.43 Å². The molecule has 0 aromatic heterocycles. The van der Waals surface area contributed by atoms with E-state index in [-0.39, 0.29) is 0 Å². The highest BCUT2D eigenvalue weighted by molar-refractivity contribution is 9.25. The van der Waals surface area contributed by atoms with E-state index < -0.39 is 6.94 Å². The minimum Gasteiger partial charge on any atom is -0.410 e. The number of unbranched alkanes of at least 4 members (excludes halogenated alkanes) is 5. The molecule has 0 amide bonds. The molecular weight excluding hydrogens is 244 g/mol. The fourth-order valence-electron chi connectivity index (χ4n) is 1.32. The smallest absolute Gasteiger partial charge is 0.260 e. The van der Waals surface area contributed by atoms with E-state index in [4.69, 9.17) is 4.43 Å². The molecule has 0 aromatic rings. The minimum atomic E-state index is -1.43. The van der Waals surface area contributed by atoms with Crippen LogP contribution in [-0.2, 0) is 4.43 Å². The Morgan fingerprint density at radius 2 is 1.62 bits per heavy atom. The summed E-state index contributed by atoms with van der Waals surface area (Å²) in [5.41, 5.74) is 0. The lowest BCUT2D eigenvalue weighted by Gasteiger charge is -2.16. The molecule has 0 saturated heterocycles. The maximum atomic E-state index is 5.42. The number of hydrogen-bond donors (Lipinski definition) is 0. The minimum absolute atomic E-state index is 1.25. The van der Waals surface area contributed by atoms with Crippen LogP contribution in [0.1, 0.15) is 45.4 Å². The van der Waals surface area contributed by atoms with E-state index in [2.05, 4.69) is 28.8 Å². The van der Waals surface area contributed by atoms with Crippen molar-refractivity contribution in [1.82, 2.24) is 0 Å². The van der Waals surface area contributed by atoms with Crippen molar-refractivity contribution >= 4 is 22.2 Å². The van der Waals surface area contributed by atoms with Crippen LogP contribution in [0, 0.1) is 0 Å². The Morgan fingerprint density at radius 1 is 1.08 bits per heavy atom. The molecule has 13 heavy (non-hydrogen) atoms. The fraction of sp³-hybridized carbons (Fsp3) is 1.00. The topological polar surface area (TPSA) is 9.23 Å². The van der Waals surface area contributed by atoms with Crippen LogP contribution in [0.25, 0.3) is 0 Å². The third-order valence-electron chi connectivity index (χ3n) is 2.40. The van der Waals surface area contributed by atoms with Gasteiger partial charge in [0.15, 0.2) is 0 Å². The number of halogens is 1. The summed E-state index contributed by atoms with van der Waals surface area (Å²) in [4.78, 5) is 0. The largest absolute Gasteiger partial charge is 0.410 e. The van der Waals surface area contributed by atoms with Crippen LogP contribution in [0.5, 0.6) is 0 Å². The second-order valence-electron chi connectivity index (χ2n) is 3.82. The van der Waals surface area contributed by atoms with E-state index in [1.807, 2.05) is 7.11 Å². The zero-order chi connectivity index (χ0) is 10.2. The van der Waals surface area contributed by atoms with Crippen LogP contribution >= 0.6 is 15.3 Å². The van der Waals surface area contributed by atoms with Crippen LogP contribution in [0.4, 0.5) is 0 Å². The van der Waals surface area contributed by atoms with E-state index in [0.717, 1.165) is 0 Å². The number of hydrogen-bond acceptors (Lipinski definition) is 1. The second-order valence-corrected chi connectivity index (χ2v) is 12.0. The quantitative estimate of drug-likeness (QED) is 0.358. The highest BCUT2D eigenvalue weighted by Gasteiger charge is 2.22. The average molecular weight is 267 g/mol. The van der Waals surface area contributed by atoms with Gasteiger partial charge >= 0.3 is 0 Å². The molecule has 0 aliphatic heterocycles. The van der Waals surface area contributed by atoms with E-state index in [9.17, 15) is 0 Å². The standard InChI is InChI=1S/C10H23BrOSi/c1-4-5-6-7-8-9-10-13(3,11)12-2/h4-10H2,1-3H3. The predicted molar refractivity (Wildman–Crippen MR) is 65.7 cm³/mol. The zero-order valence-corrected chi connectivity index (χ0v) is 11.8. The van der Waals surface area contributed by atoms with Crippen molar-refractivity contribution in [2.45, 2.75) is 58.0 Å². The lowest BCUT2D eigenvalue weighted by molar-refractivity contribution is 0.416. The van der Waals surface area contributed by atoms with Crippen LogP contribution in [0.2, 0.25) is 12.6 Å². The van der Waals surface area contributed by atoms with E-state index in [1.54, 1.807) is 0 Å². The molecule has 0 N–H and O–H groups in total. The summed E-state index contributed by atoms with van der Waals surface area (Å²) in [7, 11) is 1.82. The predicted octanol–water partition coefficient (Wildman–Crippen LogP) is 4.46. The molecule has 0 rings (SSSR count). The average Bonchev–Trinajstić information content (AvgIpc) is 2.11. The van der Waals surface area contributed by atoms with Gasteiger partial charge in [-0.25, -0.2) is 0 Å². The second kappa shape index (κ2) is 8.01. The van der Waals surface area contributed by atoms with Gasteiger partial charge in [0.1, 0.15) is 0 Å². The summed E-state index contributed by atoms with van der Waals surface area (Å²) in [5, 5.41) is 0. The monoisotopic (exact) mass is 266 g/mol. The molecule has 0 fully saturated rings. The zero-order valence-electron chi connectivity index (χ0n) is 9.24. The van der Waals surface area contributed by atoms with Gasteiger partial charge in [-0.1, -0.05) is 60.7 Å². The molecule has 0 aromatic carbocycles. The molecule has 1 unspecified atom stereocenters. The summed E-state index contributed by atoms with van der Waals surface area (Å²) < 4.78 is 5.42. The Labute approximate surface area is 92.0 Å². The maximum Gasteiger partial charge on any atom is 0.260 e. The Bertz CT molecular complexity index is 117. The van der Waals surface area contributed by atoms with Gasteiger partial charge in [-0.3, -0.25) is 0 Å². The number of rotatable bonds is 8. The third kappa shape index (κ3) is 8.97. The first kappa shape index (κ1) is 13.7. The van der Waals surface area contributed by atoms with E-state index in [1.165, 1.54) is 44.6 Å². The highest BCUT2D eigenvalue weighted by atomic mass is 79.9. The first-order valence-electron chi connectivity index (χ1n) is 5.36. The van der Waals surface area contributed by atoms with Crippen molar-refractivity contribution in [1.29, 1.82) is 0 Å². The van der Waals surface area contributed by atoms with E-state index >= 15 is 0 Å². The Kier molecular flexibility index (Phi) is 8.41. The molecule has 80 valence electrons. The van der Waals surface area contributed by atoms with Gasteiger partial charge in [0, 0.05) is 7.11 Å². The molecule has 0 saturated carbocycles. The van der Waals surface area contributed by atoms with Crippen molar-refractivity contribution in [2.24, 2.45) is 0 Å². The van der Waals surface area contributed by atoms with Crippen molar-refractivity contribution in [3.63, 3.8) is 0 Å². The first-order valence-corrected chi connectivity index (χ1v) is 10.2. The molecule has 0 radical (unpaired) electrons. The summed E-state index contributed by atoms with van der Waals surface area (Å²) >= 11 is 3.68. The lowest BCUT2D eigenvalue weighted by Crippen LogP contribution is -2.23. The maximum absolute atomic E-state index is 5.42. The molecule has 1 atom stereocenters. The molecule has 0 spiro atoms. The Morgan fingerprint density at radius 3 is 2.15 bits per heavy atom. The van der Waals surface area contributed by atoms with Gasteiger partial charge in [0.05, 0.1) is 0 Å². The van der Waals surface area contributed by atoms with Gasteiger partial charge in [-0.05, 0) is 12.6 Å². The van der Waals surface area contributed by atoms with Crippen molar-refractivity contribution in [2.75, 3.05) is 7.11 Å². The molecule has 0 bridgehead atoms. The normalized spacial score (nSPS) is 15.7. The third-order valence-corrected chi connectivity index (χ3v) is 6.66. The van der Waals surface area contributed by atoms with Crippen LogP contribution in [0.15, 0.2) is 0 Å². The van der Waals surface area contributed by atoms with Gasteiger partial charge in [0.2, 0.25) is 0 Å². The molecule has 0 heterocycles. The molecular formula is C10H23BrOSi.